The topological polar surface area (TPSA) is 36.6 Å². The van der Waals surface area contributed by atoms with E-state index in [0.29, 0.717) is 0 Å². The molecule has 3 heterocycles. The summed E-state index contributed by atoms with van der Waals surface area (Å²) in [6, 6.07) is 8.28. The lowest BCUT2D eigenvalue weighted by molar-refractivity contribution is -0.122. The maximum absolute atomic E-state index is 11.3. The van der Waals surface area contributed by atoms with Crippen LogP contribution in [0.2, 0.25) is 0 Å². The Balaban J connectivity index is 1.91. The number of piperidine rings is 1. The third-order valence-electron chi connectivity index (χ3n) is 5.49. The molecule has 0 aliphatic carbocycles. The highest BCUT2D eigenvalue weighted by Crippen LogP contribution is 2.48. The van der Waals surface area contributed by atoms with E-state index in [0.717, 1.165) is 43.7 Å². The number of hydrogen-bond acceptors (Lipinski definition) is 3. The van der Waals surface area contributed by atoms with Gasteiger partial charge >= 0.3 is 0 Å². The summed E-state index contributed by atoms with van der Waals surface area (Å²) in [5.41, 5.74) is 1.59. The highest BCUT2D eigenvalue weighted by atomic mass is 16.3. The van der Waals surface area contributed by atoms with Crippen molar-refractivity contribution in [2.45, 2.75) is 44.8 Å². The zero-order valence-corrected chi connectivity index (χ0v) is 12.8. The Kier molecular flexibility index (Phi) is 2.92. The Bertz CT molecular complexity index is 675. The van der Waals surface area contributed by atoms with Gasteiger partial charge in [0, 0.05) is 17.5 Å². The van der Waals surface area contributed by atoms with Crippen molar-refractivity contribution in [3.63, 3.8) is 0 Å². The lowest BCUT2D eigenvalue weighted by atomic mass is 9.73. The van der Waals surface area contributed by atoms with Crippen molar-refractivity contribution in [3.8, 4) is 0 Å². The fourth-order valence-corrected chi connectivity index (χ4v) is 4.24. The molecule has 1 saturated heterocycles. The van der Waals surface area contributed by atoms with E-state index in [2.05, 4.69) is 30.9 Å². The molecule has 3 heteroatoms. The molecule has 2 aromatic rings. The van der Waals surface area contributed by atoms with Crippen LogP contribution in [-0.2, 0) is 6.42 Å². The van der Waals surface area contributed by atoms with Crippen molar-refractivity contribution >= 4 is 11.0 Å². The van der Waals surface area contributed by atoms with E-state index in [1.54, 1.807) is 0 Å². The molecule has 2 unspecified atom stereocenters. The molecule has 0 spiro atoms. The summed E-state index contributed by atoms with van der Waals surface area (Å²) >= 11 is 0. The lowest BCUT2D eigenvalue weighted by Gasteiger charge is -2.50. The number of benzene rings is 1. The summed E-state index contributed by atoms with van der Waals surface area (Å²) in [5, 5.41) is 12.5. The summed E-state index contributed by atoms with van der Waals surface area (Å²) in [7, 11) is 0. The van der Waals surface area contributed by atoms with Gasteiger partial charge in [0.1, 0.15) is 11.3 Å². The quantitative estimate of drug-likeness (QED) is 0.871. The van der Waals surface area contributed by atoms with Crippen LogP contribution in [0.1, 0.15) is 44.1 Å². The summed E-state index contributed by atoms with van der Waals surface area (Å²) in [5.74, 6) is 1.24. The molecule has 1 fully saturated rings. The molecular formula is C18H23NO2. The number of fused-ring (bicyclic) bond motifs is 5. The first kappa shape index (κ1) is 13.4. The Morgan fingerprint density at radius 2 is 2.10 bits per heavy atom. The molecule has 112 valence electrons. The van der Waals surface area contributed by atoms with E-state index < -0.39 is 5.60 Å². The van der Waals surface area contributed by atoms with Crippen molar-refractivity contribution in [2.24, 2.45) is 5.92 Å². The molecule has 1 aromatic heterocycles. The molecule has 3 nitrogen and oxygen atoms in total. The zero-order chi connectivity index (χ0) is 14.6. The van der Waals surface area contributed by atoms with Gasteiger partial charge in [0.2, 0.25) is 0 Å². The van der Waals surface area contributed by atoms with Crippen molar-refractivity contribution in [1.82, 2.24) is 4.90 Å². The Labute approximate surface area is 125 Å². The van der Waals surface area contributed by atoms with Crippen LogP contribution in [-0.4, -0.2) is 28.7 Å². The molecule has 0 saturated carbocycles. The van der Waals surface area contributed by atoms with Crippen LogP contribution in [0.15, 0.2) is 28.7 Å². The van der Waals surface area contributed by atoms with Crippen molar-refractivity contribution < 1.29 is 9.52 Å². The minimum Gasteiger partial charge on any atom is -0.459 e. The van der Waals surface area contributed by atoms with Gasteiger partial charge in [-0.2, -0.15) is 0 Å². The third-order valence-corrected chi connectivity index (χ3v) is 5.49. The standard InChI is InChI=1S/C18H23NO2/c1-12(2)18(20)9-5-10-19-11-8-14-13-6-3-4-7-15(13)21-16(14)17(18)19/h3-4,6-7,12,17,20H,5,8-11H2,1-2H3. The maximum atomic E-state index is 11.3. The van der Waals surface area contributed by atoms with E-state index in [4.69, 9.17) is 4.42 Å². The molecule has 0 bridgehead atoms. The molecule has 4 rings (SSSR count). The second-order valence-electron chi connectivity index (χ2n) is 6.88. The third kappa shape index (κ3) is 1.80. The van der Waals surface area contributed by atoms with Crippen LogP contribution in [0.3, 0.4) is 0 Å². The maximum Gasteiger partial charge on any atom is 0.134 e. The summed E-state index contributed by atoms with van der Waals surface area (Å²) < 4.78 is 6.20. The predicted molar refractivity (Wildman–Crippen MR) is 83.3 cm³/mol. The SMILES string of the molecule is CC(C)C1(O)CCCN2CCc3c(oc4ccccc34)C21. The zero-order valence-electron chi connectivity index (χ0n) is 12.8. The van der Waals surface area contributed by atoms with Gasteiger partial charge < -0.3 is 9.52 Å². The van der Waals surface area contributed by atoms with Gasteiger partial charge in [-0.1, -0.05) is 32.0 Å². The van der Waals surface area contributed by atoms with Gasteiger partial charge in [-0.3, -0.25) is 4.90 Å². The van der Waals surface area contributed by atoms with Crippen molar-refractivity contribution in [2.75, 3.05) is 13.1 Å². The molecule has 0 radical (unpaired) electrons. The van der Waals surface area contributed by atoms with Crippen molar-refractivity contribution in [3.05, 3.63) is 35.6 Å². The average molecular weight is 285 g/mol. The number of hydrogen-bond donors (Lipinski definition) is 1. The predicted octanol–water partition coefficient (Wildman–Crippen LogP) is 3.51. The van der Waals surface area contributed by atoms with E-state index in [9.17, 15) is 5.11 Å². The molecule has 2 aliphatic heterocycles. The van der Waals surface area contributed by atoms with Crippen LogP contribution >= 0.6 is 0 Å². The first-order valence-corrected chi connectivity index (χ1v) is 8.08. The monoisotopic (exact) mass is 285 g/mol. The summed E-state index contributed by atoms with van der Waals surface area (Å²) in [6.07, 6.45) is 2.96. The molecule has 21 heavy (non-hydrogen) atoms. The minimum atomic E-state index is -0.679. The number of aliphatic hydroxyl groups is 1. The second-order valence-corrected chi connectivity index (χ2v) is 6.88. The van der Waals surface area contributed by atoms with Gasteiger partial charge in [0.05, 0.1) is 11.6 Å². The van der Waals surface area contributed by atoms with Crippen LogP contribution in [0.25, 0.3) is 11.0 Å². The number of nitrogens with zero attached hydrogens (tertiary/aromatic N) is 1. The summed E-state index contributed by atoms with van der Waals surface area (Å²) in [6.45, 7) is 6.34. The van der Waals surface area contributed by atoms with E-state index >= 15 is 0 Å². The molecule has 1 N–H and O–H groups in total. The smallest absolute Gasteiger partial charge is 0.134 e. The Hall–Kier alpha value is -1.32. The van der Waals surface area contributed by atoms with Crippen LogP contribution in [0.5, 0.6) is 0 Å². The van der Waals surface area contributed by atoms with Crippen LogP contribution in [0.4, 0.5) is 0 Å². The molecule has 1 aromatic carbocycles. The Morgan fingerprint density at radius 1 is 1.29 bits per heavy atom. The Morgan fingerprint density at radius 3 is 2.90 bits per heavy atom. The summed E-state index contributed by atoms with van der Waals surface area (Å²) in [4.78, 5) is 2.42. The van der Waals surface area contributed by atoms with Gasteiger partial charge in [-0.05, 0) is 37.8 Å². The number of para-hydroxylation sites is 1. The van der Waals surface area contributed by atoms with Crippen LogP contribution < -0.4 is 0 Å². The van der Waals surface area contributed by atoms with Crippen molar-refractivity contribution in [1.29, 1.82) is 0 Å². The lowest BCUT2D eigenvalue weighted by Crippen LogP contribution is -2.55. The van der Waals surface area contributed by atoms with Crippen LogP contribution in [0, 0.1) is 5.92 Å². The first-order valence-electron chi connectivity index (χ1n) is 8.08. The first-order chi connectivity index (χ1) is 10.1. The number of rotatable bonds is 1. The second kappa shape index (κ2) is 4.59. The van der Waals surface area contributed by atoms with Gasteiger partial charge in [0.25, 0.3) is 0 Å². The molecule has 0 amide bonds. The van der Waals surface area contributed by atoms with Gasteiger partial charge in [-0.15, -0.1) is 0 Å². The molecule has 2 aliphatic rings. The minimum absolute atomic E-state index is 0.0161. The largest absolute Gasteiger partial charge is 0.459 e. The van der Waals surface area contributed by atoms with E-state index in [1.165, 1.54) is 10.9 Å². The fourth-order valence-electron chi connectivity index (χ4n) is 4.24. The molecular weight excluding hydrogens is 262 g/mol. The highest BCUT2D eigenvalue weighted by molar-refractivity contribution is 5.82. The van der Waals surface area contributed by atoms with E-state index in [1.807, 2.05) is 12.1 Å². The van der Waals surface area contributed by atoms with Gasteiger partial charge in [-0.25, -0.2) is 0 Å². The normalized spacial score (nSPS) is 29.6. The average Bonchev–Trinajstić information content (AvgIpc) is 2.85. The highest BCUT2D eigenvalue weighted by Gasteiger charge is 2.50. The number of furan rings is 1. The van der Waals surface area contributed by atoms with Gasteiger partial charge in [0.15, 0.2) is 0 Å². The fraction of sp³-hybridized carbons (Fsp3) is 0.556. The van der Waals surface area contributed by atoms with E-state index in [-0.39, 0.29) is 12.0 Å². The molecule has 2 atom stereocenters.